The zero-order chi connectivity index (χ0) is 25.9. The van der Waals surface area contributed by atoms with Crippen molar-refractivity contribution < 1.29 is 14.3 Å². The van der Waals surface area contributed by atoms with Crippen LogP contribution in [0.1, 0.15) is 35.6 Å². The van der Waals surface area contributed by atoms with Crippen molar-refractivity contribution in [2.45, 2.75) is 31.1 Å². The second-order valence-electron chi connectivity index (χ2n) is 8.82. The van der Waals surface area contributed by atoms with E-state index in [-0.39, 0.29) is 24.3 Å². The number of aryl methyl sites for hydroxylation is 1. The number of halogens is 1. The SMILES string of the molecule is COc1ccc(C2CC(c3ccc(C)cc3)=NN2C2=NC(=O)C(CC(=O)Nc3ccccc3Cl)S2)cc1. The molecule has 7 nitrogen and oxygen atoms in total. The highest BCUT2D eigenvalue weighted by Crippen LogP contribution is 2.39. The van der Waals surface area contributed by atoms with Crippen LogP contribution in [-0.2, 0) is 9.59 Å². The number of amides is 2. The first kappa shape index (κ1) is 25.0. The van der Waals surface area contributed by atoms with Gasteiger partial charge in [0.25, 0.3) is 5.91 Å². The number of rotatable bonds is 6. The molecule has 9 heteroatoms. The highest BCUT2D eigenvalue weighted by Gasteiger charge is 2.39. The molecule has 3 aromatic rings. The van der Waals surface area contributed by atoms with Gasteiger partial charge in [0.05, 0.1) is 29.6 Å². The maximum atomic E-state index is 12.8. The summed E-state index contributed by atoms with van der Waals surface area (Å²) in [6.45, 7) is 2.05. The summed E-state index contributed by atoms with van der Waals surface area (Å²) in [5.74, 6) is 0.120. The van der Waals surface area contributed by atoms with Crippen molar-refractivity contribution in [2.24, 2.45) is 10.1 Å². The Balaban J connectivity index is 1.36. The molecule has 0 aliphatic carbocycles. The minimum Gasteiger partial charge on any atom is -0.497 e. The number of nitrogens with zero attached hydrogens (tertiary/aromatic N) is 3. The Morgan fingerprint density at radius 3 is 2.54 bits per heavy atom. The molecule has 2 amide bonds. The molecule has 2 aliphatic rings. The van der Waals surface area contributed by atoms with E-state index in [2.05, 4.69) is 34.6 Å². The summed E-state index contributed by atoms with van der Waals surface area (Å²) in [6, 6.07) is 22.9. The van der Waals surface area contributed by atoms with E-state index >= 15 is 0 Å². The lowest BCUT2D eigenvalue weighted by Gasteiger charge is -2.23. The third kappa shape index (κ3) is 5.55. The summed E-state index contributed by atoms with van der Waals surface area (Å²) in [5.41, 5.74) is 4.65. The first-order valence-electron chi connectivity index (χ1n) is 11.8. The van der Waals surface area contributed by atoms with Crippen molar-refractivity contribution in [1.29, 1.82) is 0 Å². The Hall–Kier alpha value is -3.62. The van der Waals surface area contributed by atoms with Crippen molar-refractivity contribution in [3.8, 4) is 5.75 Å². The number of amidine groups is 1. The number of hydrogen-bond acceptors (Lipinski definition) is 6. The number of thioether (sulfide) groups is 1. The summed E-state index contributed by atoms with van der Waals surface area (Å²) in [7, 11) is 1.63. The fourth-order valence-electron chi connectivity index (χ4n) is 4.23. The molecule has 2 aliphatic heterocycles. The third-order valence-electron chi connectivity index (χ3n) is 6.24. The van der Waals surface area contributed by atoms with Crippen molar-refractivity contribution in [1.82, 2.24) is 5.01 Å². The van der Waals surface area contributed by atoms with Crippen LogP contribution in [0.25, 0.3) is 0 Å². The fraction of sp³-hybridized carbons (Fsp3) is 0.214. The zero-order valence-corrected chi connectivity index (χ0v) is 21.9. The Bertz CT molecular complexity index is 1390. The second-order valence-corrected chi connectivity index (χ2v) is 10.4. The lowest BCUT2D eigenvalue weighted by molar-refractivity contribution is -0.121. The maximum Gasteiger partial charge on any atom is 0.262 e. The first-order chi connectivity index (χ1) is 17.9. The van der Waals surface area contributed by atoms with E-state index in [4.69, 9.17) is 21.4 Å². The molecule has 188 valence electrons. The quantitative estimate of drug-likeness (QED) is 0.431. The molecule has 0 fully saturated rings. The van der Waals surface area contributed by atoms with Gasteiger partial charge in [-0.05, 0) is 42.3 Å². The molecule has 5 rings (SSSR count). The van der Waals surface area contributed by atoms with Crippen LogP contribution in [-0.4, -0.2) is 40.1 Å². The molecule has 0 saturated carbocycles. The number of hydrazone groups is 1. The molecule has 1 N–H and O–H groups in total. The number of methoxy groups -OCH3 is 1. The van der Waals surface area contributed by atoms with Crippen molar-refractivity contribution >= 4 is 51.7 Å². The van der Waals surface area contributed by atoms with Gasteiger partial charge in [0, 0.05) is 12.8 Å². The molecule has 2 atom stereocenters. The smallest absolute Gasteiger partial charge is 0.262 e. The molecule has 0 spiro atoms. The summed E-state index contributed by atoms with van der Waals surface area (Å²) < 4.78 is 5.31. The number of carbonyl (C=O) groups excluding carboxylic acids is 2. The van der Waals surface area contributed by atoms with Gasteiger partial charge in [0.15, 0.2) is 5.17 Å². The average molecular weight is 533 g/mol. The Kier molecular flexibility index (Phi) is 7.30. The first-order valence-corrected chi connectivity index (χ1v) is 13.1. The standard InChI is InChI=1S/C28H25ClN4O3S/c1-17-7-9-18(10-8-17)23-15-24(19-11-13-20(36-2)14-12-19)33(32-23)28-31-27(35)25(37-28)16-26(34)30-22-6-4-3-5-21(22)29/h3-14,24-25H,15-16H2,1-2H3,(H,30,34). The van der Waals surface area contributed by atoms with Crippen LogP contribution in [0.3, 0.4) is 0 Å². The van der Waals surface area contributed by atoms with Gasteiger partial charge in [-0.15, -0.1) is 0 Å². The van der Waals surface area contributed by atoms with Crippen molar-refractivity contribution in [3.63, 3.8) is 0 Å². The summed E-state index contributed by atoms with van der Waals surface area (Å²) in [4.78, 5) is 29.8. The highest BCUT2D eigenvalue weighted by molar-refractivity contribution is 8.15. The van der Waals surface area contributed by atoms with Gasteiger partial charge in [-0.25, -0.2) is 5.01 Å². The van der Waals surface area contributed by atoms with Crippen LogP contribution in [0.4, 0.5) is 5.69 Å². The van der Waals surface area contributed by atoms with Crippen LogP contribution in [0, 0.1) is 6.92 Å². The molecular formula is C28H25ClN4O3S. The van der Waals surface area contributed by atoms with E-state index in [0.29, 0.717) is 22.3 Å². The second kappa shape index (κ2) is 10.8. The van der Waals surface area contributed by atoms with Gasteiger partial charge in [0.2, 0.25) is 5.91 Å². The average Bonchev–Trinajstić information content (AvgIpc) is 3.50. The van der Waals surface area contributed by atoms with E-state index in [0.717, 1.165) is 22.6 Å². The number of carbonyl (C=O) groups is 2. The number of aliphatic imine (C=N–C) groups is 1. The number of ether oxygens (including phenoxy) is 1. The van der Waals surface area contributed by atoms with Gasteiger partial charge < -0.3 is 10.1 Å². The number of benzene rings is 3. The van der Waals surface area contributed by atoms with E-state index in [1.807, 2.05) is 36.2 Å². The normalized spacial score (nSPS) is 19.0. The Labute approximate surface area is 224 Å². The van der Waals surface area contributed by atoms with E-state index in [1.54, 1.807) is 31.4 Å². The van der Waals surface area contributed by atoms with Crippen LogP contribution in [0.5, 0.6) is 5.75 Å². The summed E-state index contributed by atoms with van der Waals surface area (Å²) in [5, 5.41) is 9.78. The van der Waals surface area contributed by atoms with Gasteiger partial charge in [-0.2, -0.15) is 10.1 Å². The number of hydrogen-bond donors (Lipinski definition) is 1. The van der Waals surface area contributed by atoms with Crippen molar-refractivity contribution in [2.75, 3.05) is 12.4 Å². The highest BCUT2D eigenvalue weighted by atomic mass is 35.5. The van der Waals surface area contributed by atoms with E-state index in [9.17, 15) is 9.59 Å². The van der Waals surface area contributed by atoms with Crippen LogP contribution in [0.15, 0.2) is 82.9 Å². The molecule has 3 aromatic carbocycles. The fourth-order valence-corrected chi connectivity index (χ4v) is 5.47. The largest absolute Gasteiger partial charge is 0.497 e. The van der Waals surface area contributed by atoms with Gasteiger partial charge >= 0.3 is 0 Å². The summed E-state index contributed by atoms with van der Waals surface area (Å²) >= 11 is 7.42. The van der Waals surface area contributed by atoms with Crippen LogP contribution < -0.4 is 10.1 Å². The minimum atomic E-state index is -0.632. The molecular weight excluding hydrogens is 508 g/mol. The molecule has 0 aromatic heterocycles. The summed E-state index contributed by atoms with van der Waals surface area (Å²) in [6.07, 6.45) is 0.637. The van der Waals surface area contributed by atoms with Crippen molar-refractivity contribution in [3.05, 3.63) is 94.5 Å². The molecule has 2 heterocycles. The maximum absolute atomic E-state index is 12.8. The van der Waals surface area contributed by atoms with E-state index < -0.39 is 5.25 Å². The van der Waals surface area contributed by atoms with Gasteiger partial charge in [0.1, 0.15) is 11.0 Å². The number of para-hydroxylation sites is 1. The molecule has 2 unspecified atom stereocenters. The molecule has 0 saturated heterocycles. The Morgan fingerprint density at radius 2 is 1.84 bits per heavy atom. The van der Waals surface area contributed by atoms with E-state index in [1.165, 1.54) is 17.3 Å². The predicted molar refractivity (Wildman–Crippen MR) is 148 cm³/mol. The molecule has 0 radical (unpaired) electrons. The Morgan fingerprint density at radius 1 is 1.11 bits per heavy atom. The zero-order valence-electron chi connectivity index (χ0n) is 20.3. The van der Waals surface area contributed by atoms with Crippen LogP contribution >= 0.6 is 23.4 Å². The predicted octanol–water partition coefficient (Wildman–Crippen LogP) is 5.83. The topological polar surface area (TPSA) is 83.4 Å². The molecule has 37 heavy (non-hydrogen) atoms. The monoisotopic (exact) mass is 532 g/mol. The number of anilines is 1. The molecule has 0 bridgehead atoms. The van der Waals surface area contributed by atoms with Crippen LogP contribution in [0.2, 0.25) is 5.02 Å². The minimum absolute atomic E-state index is 0.0166. The van der Waals surface area contributed by atoms with Gasteiger partial charge in [-0.1, -0.05) is 77.5 Å². The third-order valence-corrected chi connectivity index (χ3v) is 7.71. The lowest BCUT2D eigenvalue weighted by atomic mass is 9.98. The van der Waals surface area contributed by atoms with Gasteiger partial charge in [-0.3, -0.25) is 9.59 Å². The lowest BCUT2D eigenvalue weighted by Crippen LogP contribution is -2.25. The number of nitrogens with one attached hydrogen (secondary N) is 1.